The van der Waals surface area contributed by atoms with Crippen LogP contribution in [-0.4, -0.2) is 62.9 Å². The summed E-state index contributed by atoms with van der Waals surface area (Å²) in [7, 11) is 3.97. The predicted octanol–water partition coefficient (Wildman–Crippen LogP) is 2.45. The molecule has 0 fully saturated rings. The Morgan fingerprint density at radius 2 is 2.00 bits per heavy atom. The number of thioether (sulfide) groups is 1. The first-order valence-electron chi connectivity index (χ1n) is 10.5. The summed E-state index contributed by atoms with van der Waals surface area (Å²) in [6.07, 6.45) is 4.28. The van der Waals surface area contributed by atoms with Gasteiger partial charge in [-0.1, -0.05) is 17.8 Å². The van der Waals surface area contributed by atoms with Crippen LogP contribution < -0.4 is 15.0 Å². The van der Waals surface area contributed by atoms with Crippen molar-refractivity contribution in [3.05, 3.63) is 52.6 Å². The van der Waals surface area contributed by atoms with Gasteiger partial charge in [-0.15, -0.1) is 5.10 Å². The monoisotopic (exact) mass is 452 g/mol. The molecule has 0 atom stereocenters. The van der Waals surface area contributed by atoms with E-state index in [-0.39, 0.29) is 5.56 Å². The molecule has 1 aliphatic rings. The topological polar surface area (TPSA) is 86.8 Å². The van der Waals surface area contributed by atoms with Crippen LogP contribution in [0.3, 0.4) is 0 Å². The largest absolute Gasteiger partial charge is 0.490 e. The number of aromatic nitrogens is 5. The lowest BCUT2D eigenvalue weighted by Gasteiger charge is -2.11. The summed E-state index contributed by atoms with van der Waals surface area (Å²) in [6, 6.07) is 7.88. The molecule has 0 spiro atoms. The van der Waals surface area contributed by atoms with Gasteiger partial charge in [0.15, 0.2) is 11.5 Å². The molecule has 32 heavy (non-hydrogen) atoms. The first kappa shape index (κ1) is 20.8. The van der Waals surface area contributed by atoms with Crippen molar-refractivity contribution in [2.24, 2.45) is 0 Å². The fourth-order valence-electron chi connectivity index (χ4n) is 3.53. The third-order valence-electron chi connectivity index (χ3n) is 5.26. The van der Waals surface area contributed by atoms with E-state index in [1.165, 1.54) is 11.8 Å². The molecule has 0 radical (unpaired) electrons. The van der Waals surface area contributed by atoms with Gasteiger partial charge in [-0.25, -0.2) is 4.98 Å². The molecular formula is C22H24N6O3S. The van der Waals surface area contributed by atoms with Gasteiger partial charge in [-0.3, -0.25) is 4.79 Å². The highest BCUT2D eigenvalue weighted by Gasteiger charge is 2.14. The molecular weight excluding hydrogens is 428 g/mol. The zero-order valence-electron chi connectivity index (χ0n) is 18.0. The van der Waals surface area contributed by atoms with E-state index in [2.05, 4.69) is 15.1 Å². The number of likely N-dealkylation sites (N-methyl/N-ethyl adjacent to an activating group) is 1. The second-order valence-electron chi connectivity index (χ2n) is 7.90. The highest BCUT2D eigenvalue weighted by atomic mass is 32.2. The second-order valence-corrected chi connectivity index (χ2v) is 8.84. The van der Waals surface area contributed by atoms with Crippen LogP contribution in [0.2, 0.25) is 0 Å². The van der Waals surface area contributed by atoms with Gasteiger partial charge in [0.2, 0.25) is 5.16 Å². The van der Waals surface area contributed by atoms with Crippen LogP contribution in [0.5, 0.6) is 11.5 Å². The van der Waals surface area contributed by atoms with Gasteiger partial charge in [0.05, 0.1) is 24.1 Å². The summed E-state index contributed by atoms with van der Waals surface area (Å²) in [4.78, 5) is 23.8. The Balaban J connectivity index is 1.38. The zero-order valence-corrected chi connectivity index (χ0v) is 18.8. The minimum Gasteiger partial charge on any atom is -0.490 e. The third-order valence-corrected chi connectivity index (χ3v) is 6.16. The summed E-state index contributed by atoms with van der Waals surface area (Å²) >= 11 is 1.51. The van der Waals surface area contributed by atoms with Gasteiger partial charge in [0.1, 0.15) is 0 Å². The number of hydrogen-bond donors (Lipinski definition) is 0. The van der Waals surface area contributed by atoms with Crippen LogP contribution >= 0.6 is 11.8 Å². The van der Waals surface area contributed by atoms with Crippen LogP contribution in [0.4, 0.5) is 0 Å². The molecule has 4 aromatic rings. The Morgan fingerprint density at radius 1 is 1.16 bits per heavy atom. The van der Waals surface area contributed by atoms with Gasteiger partial charge in [-0.2, -0.15) is 9.50 Å². The standard InChI is InChI=1S/C22H24N6O3S/c1-26(2)8-9-27-7-6-17-16(20(27)29)13-23-21-24-22(25-28(17)21)32-14-15-4-5-18-19(12-15)31-11-3-10-30-18/h4-7,12-13H,3,8-11,14H2,1-2H3. The smallest absolute Gasteiger partial charge is 0.261 e. The summed E-state index contributed by atoms with van der Waals surface area (Å²) in [5, 5.41) is 5.73. The van der Waals surface area contributed by atoms with Crippen molar-refractivity contribution in [1.82, 2.24) is 29.0 Å². The molecule has 3 aromatic heterocycles. The number of ether oxygens (including phenoxy) is 2. The van der Waals surface area contributed by atoms with E-state index >= 15 is 0 Å². The molecule has 9 nitrogen and oxygen atoms in total. The Labute approximate surface area is 189 Å². The van der Waals surface area contributed by atoms with E-state index in [1.54, 1.807) is 21.5 Å². The van der Waals surface area contributed by atoms with Crippen LogP contribution in [0, 0.1) is 0 Å². The average molecular weight is 453 g/mol. The lowest BCUT2D eigenvalue weighted by atomic mass is 10.2. The summed E-state index contributed by atoms with van der Waals surface area (Å²) in [5.41, 5.74) is 1.73. The van der Waals surface area contributed by atoms with Crippen LogP contribution in [0.25, 0.3) is 16.7 Å². The Bertz CT molecular complexity index is 1330. The highest BCUT2D eigenvalue weighted by Crippen LogP contribution is 2.32. The lowest BCUT2D eigenvalue weighted by molar-refractivity contribution is 0.297. The minimum atomic E-state index is -0.0735. The summed E-state index contributed by atoms with van der Waals surface area (Å²) < 4.78 is 14.8. The highest BCUT2D eigenvalue weighted by molar-refractivity contribution is 7.98. The molecule has 0 bridgehead atoms. The molecule has 1 aromatic carbocycles. The Hall–Kier alpha value is -3.11. The van der Waals surface area contributed by atoms with Crippen molar-refractivity contribution in [2.45, 2.75) is 23.9 Å². The maximum atomic E-state index is 12.9. The lowest BCUT2D eigenvalue weighted by Crippen LogP contribution is -2.26. The fraction of sp³-hybridized carbons (Fsp3) is 0.364. The van der Waals surface area contributed by atoms with Crippen molar-refractivity contribution in [3.8, 4) is 11.5 Å². The van der Waals surface area contributed by atoms with Crippen molar-refractivity contribution < 1.29 is 9.47 Å². The van der Waals surface area contributed by atoms with Gasteiger partial charge in [-0.05, 0) is 37.9 Å². The van der Waals surface area contributed by atoms with Gasteiger partial charge < -0.3 is 18.9 Å². The van der Waals surface area contributed by atoms with Crippen LogP contribution in [0.1, 0.15) is 12.0 Å². The van der Waals surface area contributed by atoms with E-state index < -0.39 is 0 Å². The molecule has 10 heteroatoms. The van der Waals surface area contributed by atoms with Crippen molar-refractivity contribution in [3.63, 3.8) is 0 Å². The minimum absolute atomic E-state index is 0.0735. The quantitative estimate of drug-likeness (QED) is 0.413. The van der Waals surface area contributed by atoms with Crippen molar-refractivity contribution in [2.75, 3.05) is 33.9 Å². The molecule has 0 saturated heterocycles. The number of benzene rings is 1. The molecule has 0 amide bonds. The molecule has 0 aliphatic carbocycles. The first-order chi connectivity index (χ1) is 15.6. The number of hydrogen-bond acceptors (Lipinski definition) is 8. The van der Waals surface area contributed by atoms with E-state index in [0.717, 1.165) is 30.0 Å². The normalized spacial score (nSPS) is 13.7. The van der Waals surface area contributed by atoms with Crippen molar-refractivity contribution >= 4 is 28.4 Å². The molecule has 166 valence electrons. The number of pyridine rings is 1. The molecule has 1 aliphatic heterocycles. The van der Waals surface area contributed by atoms with E-state index in [9.17, 15) is 4.79 Å². The molecule has 5 rings (SSSR count). The molecule has 4 heterocycles. The van der Waals surface area contributed by atoms with Crippen LogP contribution in [0.15, 0.2) is 46.6 Å². The SMILES string of the molecule is CN(C)CCn1ccc2c(cnc3nc(SCc4ccc5c(c4)OCCCO5)nn32)c1=O. The number of nitrogens with zero attached hydrogens (tertiary/aromatic N) is 6. The Morgan fingerprint density at radius 3 is 2.84 bits per heavy atom. The van der Waals surface area contributed by atoms with Crippen molar-refractivity contribution in [1.29, 1.82) is 0 Å². The van der Waals surface area contributed by atoms with Crippen LogP contribution in [-0.2, 0) is 12.3 Å². The summed E-state index contributed by atoms with van der Waals surface area (Å²) in [6.45, 7) is 2.74. The Kier molecular flexibility index (Phi) is 5.71. The number of fused-ring (bicyclic) bond motifs is 4. The van der Waals surface area contributed by atoms with Gasteiger partial charge >= 0.3 is 0 Å². The van der Waals surface area contributed by atoms with Gasteiger partial charge in [0, 0.05) is 37.7 Å². The van der Waals surface area contributed by atoms with Gasteiger partial charge in [0.25, 0.3) is 11.3 Å². The fourth-order valence-corrected chi connectivity index (χ4v) is 4.29. The molecule has 0 unspecified atom stereocenters. The van der Waals surface area contributed by atoms with E-state index in [4.69, 9.17) is 9.47 Å². The maximum Gasteiger partial charge on any atom is 0.261 e. The second kappa shape index (κ2) is 8.79. The average Bonchev–Trinajstić information content (AvgIpc) is 3.07. The molecule has 0 saturated carbocycles. The third kappa shape index (κ3) is 4.15. The predicted molar refractivity (Wildman–Crippen MR) is 123 cm³/mol. The van der Waals surface area contributed by atoms with E-state index in [1.807, 2.05) is 43.3 Å². The first-order valence-corrected chi connectivity index (χ1v) is 11.5. The molecule has 0 N–H and O–H groups in total. The van der Waals surface area contributed by atoms with E-state index in [0.29, 0.717) is 47.3 Å². The number of rotatable bonds is 6. The maximum absolute atomic E-state index is 12.9. The zero-order chi connectivity index (χ0) is 22.1. The summed E-state index contributed by atoms with van der Waals surface area (Å²) in [5.74, 6) is 2.72.